The van der Waals surface area contributed by atoms with E-state index >= 15 is 0 Å². The van der Waals surface area contributed by atoms with Gasteiger partial charge in [0.1, 0.15) is 12.3 Å². The van der Waals surface area contributed by atoms with E-state index in [-0.39, 0.29) is 0 Å². The van der Waals surface area contributed by atoms with Crippen LogP contribution in [0.2, 0.25) is 0 Å². The first-order chi connectivity index (χ1) is 10.6. The van der Waals surface area contributed by atoms with Crippen LogP contribution in [0.1, 0.15) is 16.7 Å². The molecule has 0 aliphatic rings. The largest absolute Gasteiger partial charge is 0.481 e. The third-order valence-corrected chi connectivity index (χ3v) is 2.79. The second kappa shape index (κ2) is 7.85. The summed E-state index contributed by atoms with van der Waals surface area (Å²) in [4.78, 5) is 22.5. The monoisotopic (exact) mass is 333 g/mol. The van der Waals surface area contributed by atoms with Crippen molar-refractivity contribution in [2.45, 2.75) is 26.9 Å². The SMILES string of the molecule is Cc1cc(C)c(OCC(=O)OCC(=O)NCC(F)(F)F)c(C)c1. The van der Waals surface area contributed by atoms with E-state index in [2.05, 4.69) is 4.74 Å². The molecule has 0 aromatic heterocycles. The Labute approximate surface area is 131 Å². The average molecular weight is 333 g/mol. The third kappa shape index (κ3) is 7.03. The number of ether oxygens (including phenoxy) is 2. The number of carbonyl (C=O) groups excluding carboxylic acids is 2. The lowest BCUT2D eigenvalue weighted by molar-refractivity contribution is -0.152. The smallest absolute Gasteiger partial charge is 0.405 e. The van der Waals surface area contributed by atoms with Crippen LogP contribution in [0, 0.1) is 20.8 Å². The Morgan fingerprint density at radius 3 is 2.17 bits per heavy atom. The highest BCUT2D eigenvalue weighted by Crippen LogP contribution is 2.24. The van der Waals surface area contributed by atoms with Crippen molar-refractivity contribution in [3.63, 3.8) is 0 Å². The van der Waals surface area contributed by atoms with Crippen molar-refractivity contribution in [1.82, 2.24) is 5.32 Å². The maximum atomic E-state index is 11.9. The van der Waals surface area contributed by atoms with Crippen molar-refractivity contribution in [3.05, 3.63) is 28.8 Å². The van der Waals surface area contributed by atoms with E-state index in [0.717, 1.165) is 16.7 Å². The molecule has 0 aliphatic carbocycles. The fourth-order valence-electron chi connectivity index (χ4n) is 1.96. The number of aryl methyl sites for hydroxylation is 3. The zero-order chi connectivity index (χ0) is 17.6. The summed E-state index contributed by atoms with van der Waals surface area (Å²) in [6.07, 6.45) is -4.51. The fourth-order valence-corrected chi connectivity index (χ4v) is 1.96. The van der Waals surface area contributed by atoms with Gasteiger partial charge in [-0.3, -0.25) is 4.79 Å². The number of hydrogen-bond acceptors (Lipinski definition) is 4. The van der Waals surface area contributed by atoms with Gasteiger partial charge in [0.15, 0.2) is 13.2 Å². The Morgan fingerprint density at radius 2 is 1.65 bits per heavy atom. The zero-order valence-electron chi connectivity index (χ0n) is 13.0. The molecule has 5 nitrogen and oxygen atoms in total. The molecule has 0 spiro atoms. The Morgan fingerprint density at radius 1 is 1.09 bits per heavy atom. The molecule has 1 amide bonds. The van der Waals surface area contributed by atoms with Gasteiger partial charge in [-0.25, -0.2) is 4.79 Å². The number of nitrogens with one attached hydrogen (secondary N) is 1. The molecule has 0 aliphatic heterocycles. The van der Waals surface area contributed by atoms with Crippen LogP contribution in [0.5, 0.6) is 5.75 Å². The third-order valence-electron chi connectivity index (χ3n) is 2.79. The van der Waals surface area contributed by atoms with Crippen LogP contribution in [0.4, 0.5) is 13.2 Å². The number of halogens is 3. The number of rotatable bonds is 6. The van der Waals surface area contributed by atoms with Crippen molar-refractivity contribution < 1.29 is 32.2 Å². The Bertz CT molecular complexity index is 562. The molecule has 0 radical (unpaired) electrons. The second-order valence-corrected chi connectivity index (χ2v) is 5.07. The minimum atomic E-state index is -4.51. The predicted molar refractivity (Wildman–Crippen MR) is 76.2 cm³/mol. The summed E-state index contributed by atoms with van der Waals surface area (Å²) >= 11 is 0. The van der Waals surface area contributed by atoms with Crippen molar-refractivity contribution in [2.24, 2.45) is 0 Å². The first-order valence-corrected chi connectivity index (χ1v) is 6.78. The van der Waals surface area contributed by atoms with Gasteiger partial charge in [-0.2, -0.15) is 13.2 Å². The molecule has 128 valence electrons. The number of alkyl halides is 3. The van der Waals surface area contributed by atoms with Gasteiger partial charge < -0.3 is 14.8 Å². The van der Waals surface area contributed by atoms with Crippen LogP contribution in [-0.2, 0) is 14.3 Å². The molecule has 0 fully saturated rings. The molecule has 0 heterocycles. The highest BCUT2D eigenvalue weighted by Gasteiger charge is 2.27. The van der Waals surface area contributed by atoms with Gasteiger partial charge in [0.25, 0.3) is 5.91 Å². The number of hydrogen-bond donors (Lipinski definition) is 1. The standard InChI is InChI=1S/C15H18F3NO4/c1-9-4-10(2)14(11(3)5-9)23-7-13(21)22-6-12(20)19-8-15(16,17)18/h4-5H,6-8H2,1-3H3,(H,19,20). The number of esters is 1. The Hall–Kier alpha value is -2.25. The molecular formula is C15H18F3NO4. The summed E-state index contributed by atoms with van der Waals surface area (Å²) < 4.78 is 45.6. The first-order valence-electron chi connectivity index (χ1n) is 6.78. The summed E-state index contributed by atoms with van der Waals surface area (Å²) in [5.41, 5.74) is 2.74. The van der Waals surface area contributed by atoms with Gasteiger partial charge in [-0.05, 0) is 31.9 Å². The van der Waals surface area contributed by atoms with Crippen LogP contribution in [0.25, 0.3) is 0 Å². The maximum absolute atomic E-state index is 11.9. The minimum Gasteiger partial charge on any atom is -0.481 e. The average Bonchev–Trinajstić information content (AvgIpc) is 2.40. The molecule has 23 heavy (non-hydrogen) atoms. The quantitative estimate of drug-likeness (QED) is 0.811. The van der Waals surface area contributed by atoms with Gasteiger partial charge in [-0.15, -0.1) is 0 Å². The normalized spacial score (nSPS) is 11.0. The van der Waals surface area contributed by atoms with Gasteiger partial charge >= 0.3 is 12.1 Å². The van der Waals surface area contributed by atoms with Gasteiger partial charge in [-0.1, -0.05) is 17.7 Å². The van der Waals surface area contributed by atoms with E-state index in [1.807, 2.05) is 32.9 Å². The molecule has 1 N–H and O–H groups in total. The Balaban J connectivity index is 2.39. The molecular weight excluding hydrogens is 315 g/mol. The highest BCUT2D eigenvalue weighted by atomic mass is 19.4. The molecule has 1 aromatic carbocycles. The molecule has 0 saturated heterocycles. The van der Waals surface area contributed by atoms with Crippen LogP contribution in [-0.4, -0.2) is 37.8 Å². The van der Waals surface area contributed by atoms with Crippen LogP contribution < -0.4 is 10.1 Å². The second-order valence-electron chi connectivity index (χ2n) is 5.07. The zero-order valence-corrected chi connectivity index (χ0v) is 13.0. The minimum absolute atomic E-state index is 0.433. The van der Waals surface area contributed by atoms with E-state index in [4.69, 9.17) is 4.74 Å². The van der Waals surface area contributed by atoms with E-state index in [0.29, 0.717) is 5.75 Å². The summed E-state index contributed by atoms with van der Waals surface area (Å²) in [5, 5.41) is 1.59. The van der Waals surface area contributed by atoms with Crippen LogP contribution in [0.15, 0.2) is 12.1 Å². The topological polar surface area (TPSA) is 64.6 Å². The fraction of sp³-hybridized carbons (Fsp3) is 0.467. The van der Waals surface area contributed by atoms with Crippen molar-refractivity contribution in [3.8, 4) is 5.75 Å². The molecule has 8 heteroatoms. The lowest BCUT2D eigenvalue weighted by atomic mass is 10.1. The highest BCUT2D eigenvalue weighted by molar-refractivity contribution is 5.80. The molecule has 0 saturated carbocycles. The first kappa shape index (κ1) is 18.8. The summed E-state index contributed by atoms with van der Waals surface area (Å²) in [6.45, 7) is 2.89. The molecule has 0 unspecified atom stereocenters. The molecule has 1 rings (SSSR count). The van der Waals surface area contributed by atoms with Crippen molar-refractivity contribution in [1.29, 1.82) is 0 Å². The van der Waals surface area contributed by atoms with Crippen LogP contribution >= 0.6 is 0 Å². The predicted octanol–water partition coefficient (Wildman–Crippen LogP) is 2.21. The van der Waals surface area contributed by atoms with E-state index in [1.54, 1.807) is 5.32 Å². The van der Waals surface area contributed by atoms with Crippen LogP contribution in [0.3, 0.4) is 0 Å². The van der Waals surface area contributed by atoms with E-state index < -0.39 is 37.8 Å². The summed E-state index contributed by atoms with van der Waals surface area (Å²) in [7, 11) is 0. The number of amides is 1. The Kier molecular flexibility index (Phi) is 6.41. The van der Waals surface area contributed by atoms with E-state index in [9.17, 15) is 22.8 Å². The lowest BCUT2D eigenvalue weighted by Crippen LogP contribution is -2.36. The lowest BCUT2D eigenvalue weighted by Gasteiger charge is -2.13. The number of benzene rings is 1. The summed E-state index contributed by atoms with van der Waals surface area (Å²) in [5.74, 6) is -1.33. The van der Waals surface area contributed by atoms with Gasteiger partial charge in [0, 0.05) is 0 Å². The summed E-state index contributed by atoms with van der Waals surface area (Å²) in [6, 6.07) is 3.77. The van der Waals surface area contributed by atoms with Crippen molar-refractivity contribution >= 4 is 11.9 Å². The van der Waals surface area contributed by atoms with Crippen molar-refractivity contribution in [2.75, 3.05) is 19.8 Å². The molecule has 1 aromatic rings. The molecule has 0 atom stereocenters. The maximum Gasteiger partial charge on any atom is 0.405 e. The molecule has 0 bridgehead atoms. The van der Waals surface area contributed by atoms with E-state index in [1.165, 1.54) is 0 Å². The number of carbonyl (C=O) groups is 2. The van der Waals surface area contributed by atoms with Gasteiger partial charge in [0.2, 0.25) is 0 Å². The van der Waals surface area contributed by atoms with Gasteiger partial charge in [0.05, 0.1) is 0 Å².